The Labute approximate surface area is 144 Å². The number of nitrogens with zero attached hydrogens (tertiary/aromatic N) is 4. The molecule has 0 fully saturated rings. The van der Waals surface area contributed by atoms with Crippen LogP contribution in [0.3, 0.4) is 0 Å². The van der Waals surface area contributed by atoms with Crippen molar-refractivity contribution in [1.82, 2.24) is 14.8 Å². The van der Waals surface area contributed by atoms with E-state index in [2.05, 4.69) is 41.3 Å². The molecule has 3 heterocycles. The lowest BCUT2D eigenvalue weighted by atomic mass is 9.95. The van der Waals surface area contributed by atoms with E-state index in [0.29, 0.717) is 5.95 Å². The molecule has 0 saturated carbocycles. The Hall–Kier alpha value is -3.15. The van der Waals surface area contributed by atoms with Crippen LogP contribution in [-0.2, 0) is 0 Å². The quantitative estimate of drug-likeness (QED) is 0.721. The van der Waals surface area contributed by atoms with E-state index < -0.39 is 0 Å². The number of aryl methyl sites for hydroxylation is 1. The van der Waals surface area contributed by atoms with Gasteiger partial charge in [-0.05, 0) is 30.7 Å². The Morgan fingerprint density at radius 2 is 1.88 bits per heavy atom. The van der Waals surface area contributed by atoms with E-state index in [0.717, 1.165) is 29.2 Å². The highest BCUT2D eigenvalue weighted by molar-refractivity contribution is 6.03. The first-order valence-electron chi connectivity index (χ1n) is 8.21. The molecule has 25 heavy (non-hydrogen) atoms. The second-order valence-corrected chi connectivity index (χ2v) is 6.26. The van der Waals surface area contributed by atoms with Crippen LogP contribution in [0.15, 0.2) is 53.8 Å². The van der Waals surface area contributed by atoms with E-state index in [4.69, 9.17) is 14.5 Å². The van der Waals surface area contributed by atoms with Crippen molar-refractivity contribution in [3.8, 4) is 11.5 Å². The molecule has 1 aromatic heterocycles. The number of hydrogen-bond acceptors (Lipinski definition) is 5. The normalized spacial score (nSPS) is 18.0. The van der Waals surface area contributed by atoms with Crippen LogP contribution in [-0.4, -0.2) is 27.3 Å². The van der Waals surface area contributed by atoms with Gasteiger partial charge in [-0.3, -0.25) is 0 Å². The summed E-state index contributed by atoms with van der Waals surface area (Å²) in [7, 11) is 0. The number of rotatable bonds is 2. The van der Waals surface area contributed by atoms with Gasteiger partial charge in [0.05, 0.1) is 11.8 Å². The van der Waals surface area contributed by atoms with Gasteiger partial charge in [-0.15, -0.1) is 0 Å². The predicted octanol–water partition coefficient (Wildman–Crippen LogP) is 3.43. The van der Waals surface area contributed by atoms with Gasteiger partial charge in [-0.1, -0.05) is 29.8 Å². The summed E-state index contributed by atoms with van der Waals surface area (Å²) in [6.07, 6.45) is 2.31. The van der Waals surface area contributed by atoms with Gasteiger partial charge in [0.15, 0.2) is 11.5 Å². The number of ether oxygens (including phenoxy) is 2. The first-order valence-corrected chi connectivity index (χ1v) is 8.21. The average molecular weight is 332 g/mol. The van der Waals surface area contributed by atoms with E-state index in [1.807, 2.05) is 22.9 Å². The summed E-state index contributed by atoms with van der Waals surface area (Å²) in [5, 5.41) is 4.38. The van der Waals surface area contributed by atoms with Crippen LogP contribution in [0, 0.1) is 6.92 Å². The van der Waals surface area contributed by atoms with Crippen molar-refractivity contribution in [2.75, 3.05) is 6.79 Å². The summed E-state index contributed by atoms with van der Waals surface area (Å²) < 4.78 is 12.8. The summed E-state index contributed by atoms with van der Waals surface area (Å²) in [5.74, 6) is 2.17. The van der Waals surface area contributed by atoms with Crippen LogP contribution < -0.4 is 9.47 Å². The first-order chi connectivity index (χ1) is 12.3. The molecular weight excluding hydrogens is 316 g/mol. The highest BCUT2D eigenvalue weighted by Gasteiger charge is 2.27. The lowest BCUT2D eigenvalue weighted by Crippen LogP contribution is -2.21. The maximum atomic E-state index is 5.50. The first kappa shape index (κ1) is 14.2. The average Bonchev–Trinajstić information content (AvgIpc) is 3.29. The van der Waals surface area contributed by atoms with E-state index in [-0.39, 0.29) is 12.8 Å². The Morgan fingerprint density at radius 1 is 1.04 bits per heavy atom. The van der Waals surface area contributed by atoms with E-state index in [9.17, 15) is 0 Å². The predicted molar refractivity (Wildman–Crippen MR) is 92.7 cm³/mol. The fourth-order valence-electron chi connectivity index (χ4n) is 3.29. The molecule has 0 amide bonds. The molecule has 6 nitrogen and oxygen atoms in total. The van der Waals surface area contributed by atoms with Gasteiger partial charge in [0, 0.05) is 12.0 Å². The summed E-state index contributed by atoms with van der Waals surface area (Å²) >= 11 is 0. The van der Waals surface area contributed by atoms with Gasteiger partial charge >= 0.3 is 0 Å². The van der Waals surface area contributed by atoms with Gasteiger partial charge < -0.3 is 9.47 Å². The lowest BCUT2D eigenvalue weighted by Gasteiger charge is -2.24. The van der Waals surface area contributed by atoms with Gasteiger partial charge in [0.2, 0.25) is 12.7 Å². The molecule has 1 atom stereocenters. The molecule has 2 aliphatic heterocycles. The minimum Gasteiger partial charge on any atom is -0.454 e. The van der Waals surface area contributed by atoms with E-state index in [1.165, 1.54) is 11.1 Å². The largest absolute Gasteiger partial charge is 0.454 e. The summed E-state index contributed by atoms with van der Waals surface area (Å²) in [6, 6.07) is 14.6. The third kappa shape index (κ3) is 2.38. The number of fused-ring (bicyclic) bond motifs is 2. The smallest absolute Gasteiger partial charge is 0.248 e. The van der Waals surface area contributed by atoms with Crippen molar-refractivity contribution in [1.29, 1.82) is 0 Å². The van der Waals surface area contributed by atoms with Crippen molar-refractivity contribution in [3.63, 3.8) is 0 Å². The third-order valence-electron chi connectivity index (χ3n) is 4.64. The van der Waals surface area contributed by atoms with Crippen molar-refractivity contribution in [2.45, 2.75) is 19.4 Å². The fraction of sp³-hybridized carbons (Fsp3) is 0.211. The molecule has 0 N–H and O–H groups in total. The van der Waals surface area contributed by atoms with Crippen molar-refractivity contribution >= 4 is 11.7 Å². The van der Waals surface area contributed by atoms with Crippen molar-refractivity contribution < 1.29 is 9.47 Å². The molecule has 2 aromatic carbocycles. The fourth-order valence-corrected chi connectivity index (χ4v) is 3.29. The molecule has 2 aliphatic rings. The molecule has 6 heteroatoms. The molecule has 5 rings (SSSR count). The van der Waals surface area contributed by atoms with E-state index in [1.54, 1.807) is 6.33 Å². The van der Waals surface area contributed by atoms with Crippen LogP contribution >= 0.6 is 0 Å². The van der Waals surface area contributed by atoms with Gasteiger partial charge in [0.1, 0.15) is 6.33 Å². The molecule has 3 aromatic rings. The van der Waals surface area contributed by atoms with Crippen LogP contribution in [0.5, 0.6) is 11.5 Å². The number of hydrogen-bond donors (Lipinski definition) is 0. The van der Waals surface area contributed by atoms with Gasteiger partial charge in [0.25, 0.3) is 0 Å². The molecule has 0 saturated heterocycles. The Balaban J connectivity index is 1.57. The van der Waals surface area contributed by atoms with Crippen molar-refractivity contribution in [3.05, 3.63) is 65.5 Å². The summed E-state index contributed by atoms with van der Waals surface area (Å²) in [4.78, 5) is 9.01. The highest BCUT2D eigenvalue weighted by Crippen LogP contribution is 2.36. The molecular formula is C19H16N4O2. The zero-order valence-electron chi connectivity index (χ0n) is 13.7. The van der Waals surface area contributed by atoms with Crippen molar-refractivity contribution in [2.24, 2.45) is 4.99 Å². The monoisotopic (exact) mass is 332 g/mol. The Morgan fingerprint density at radius 3 is 2.76 bits per heavy atom. The molecule has 0 spiro atoms. The van der Waals surface area contributed by atoms with Gasteiger partial charge in [-0.2, -0.15) is 10.1 Å². The Bertz CT molecular complexity index is 975. The molecule has 0 aliphatic carbocycles. The zero-order chi connectivity index (χ0) is 16.8. The topological polar surface area (TPSA) is 61.5 Å². The second-order valence-electron chi connectivity index (χ2n) is 6.26. The number of aliphatic imine (C=N–C) groups is 1. The molecule has 124 valence electrons. The summed E-state index contributed by atoms with van der Waals surface area (Å²) in [6.45, 7) is 2.36. The molecule has 0 bridgehead atoms. The van der Waals surface area contributed by atoms with Crippen LogP contribution in [0.4, 0.5) is 5.95 Å². The zero-order valence-corrected chi connectivity index (χ0v) is 13.7. The third-order valence-corrected chi connectivity index (χ3v) is 4.64. The van der Waals surface area contributed by atoms with E-state index >= 15 is 0 Å². The standard InChI is InChI=1S/C19H16N4O2/c1-12-2-4-13(5-3-12)16-9-15(22-19-20-10-21-23(16)19)14-6-7-17-18(8-14)25-11-24-17/h2-8,10,16H,9,11H2,1H3. The minimum atomic E-state index is 0.0797. The highest BCUT2D eigenvalue weighted by atomic mass is 16.7. The maximum absolute atomic E-state index is 5.50. The SMILES string of the molecule is Cc1ccc(C2CC(c3ccc4c(c3)OCO4)=Nc3ncnn32)cc1. The number of benzene rings is 2. The Kier molecular flexibility index (Phi) is 3.09. The van der Waals surface area contributed by atoms with Crippen LogP contribution in [0.25, 0.3) is 0 Å². The minimum absolute atomic E-state index is 0.0797. The molecule has 0 radical (unpaired) electrons. The maximum Gasteiger partial charge on any atom is 0.248 e. The lowest BCUT2D eigenvalue weighted by molar-refractivity contribution is 0.174. The van der Waals surface area contributed by atoms with Crippen LogP contribution in [0.2, 0.25) is 0 Å². The summed E-state index contributed by atoms with van der Waals surface area (Å²) in [5.41, 5.74) is 4.44. The number of aromatic nitrogens is 3. The van der Waals surface area contributed by atoms with Crippen LogP contribution in [0.1, 0.15) is 29.2 Å². The molecule has 1 unspecified atom stereocenters. The second kappa shape index (κ2) is 5.44. The van der Waals surface area contributed by atoms with Gasteiger partial charge in [-0.25, -0.2) is 9.67 Å².